The maximum Gasteiger partial charge on any atom is 0.251 e. The van der Waals surface area contributed by atoms with Crippen LogP contribution in [-0.2, 0) is 11.3 Å². The Labute approximate surface area is 190 Å². The van der Waals surface area contributed by atoms with Crippen LogP contribution in [0.25, 0.3) is 22.2 Å². The van der Waals surface area contributed by atoms with E-state index in [1.165, 1.54) is 0 Å². The zero-order chi connectivity index (χ0) is 22.8. The molecule has 1 fully saturated rings. The molecule has 1 amide bonds. The van der Waals surface area contributed by atoms with Gasteiger partial charge in [0.15, 0.2) is 0 Å². The Morgan fingerprint density at radius 1 is 1.15 bits per heavy atom. The van der Waals surface area contributed by atoms with Gasteiger partial charge in [-0.3, -0.25) is 9.78 Å². The first-order valence-electron chi connectivity index (χ1n) is 10.6. The van der Waals surface area contributed by atoms with Crippen LogP contribution in [0.3, 0.4) is 0 Å². The van der Waals surface area contributed by atoms with Crippen LogP contribution in [0.1, 0.15) is 15.9 Å². The van der Waals surface area contributed by atoms with Gasteiger partial charge in [-0.1, -0.05) is 12.1 Å². The van der Waals surface area contributed by atoms with E-state index < -0.39 is 0 Å². The van der Waals surface area contributed by atoms with Gasteiger partial charge < -0.3 is 24.5 Å². The summed E-state index contributed by atoms with van der Waals surface area (Å²) < 4.78 is 11.0. The van der Waals surface area contributed by atoms with Crippen molar-refractivity contribution >= 4 is 22.8 Å². The monoisotopic (exact) mass is 445 g/mol. The second-order valence-corrected chi connectivity index (χ2v) is 7.88. The molecule has 33 heavy (non-hydrogen) atoms. The number of hydrogen-bond donors (Lipinski definition) is 2. The van der Waals surface area contributed by atoms with E-state index in [4.69, 9.17) is 9.15 Å². The van der Waals surface area contributed by atoms with Crippen molar-refractivity contribution in [2.45, 2.75) is 18.8 Å². The number of aliphatic hydroxyl groups is 1. The predicted molar refractivity (Wildman–Crippen MR) is 122 cm³/mol. The fourth-order valence-corrected chi connectivity index (χ4v) is 4.06. The summed E-state index contributed by atoms with van der Waals surface area (Å²) in [6.07, 6.45) is 6.34. The molecule has 1 aliphatic rings. The number of furan rings is 1. The van der Waals surface area contributed by atoms with Gasteiger partial charge in [0.05, 0.1) is 30.7 Å². The molecular formula is C24H23N5O4. The minimum Gasteiger partial charge on any atom is -0.464 e. The van der Waals surface area contributed by atoms with Crippen molar-refractivity contribution < 1.29 is 19.1 Å². The summed E-state index contributed by atoms with van der Waals surface area (Å²) in [5, 5.41) is 13.2. The third kappa shape index (κ3) is 4.15. The van der Waals surface area contributed by atoms with Gasteiger partial charge in [0.1, 0.15) is 5.58 Å². The molecule has 0 radical (unpaired) electrons. The highest BCUT2D eigenvalue weighted by molar-refractivity contribution is 5.96. The summed E-state index contributed by atoms with van der Waals surface area (Å²) in [4.78, 5) is 28.0. The first kappa shape index (κ1) is 21.0. The molecule has 0 bridgehead atoms. The maximum absolute atomic E-state index is 12.9. The Kier molecular flexibility index (Phi) is 5.72. The average Bonchev–Trinajstić information content (AvgIpc) is 3.51. The number of methoxy groups -OCH3 is 1. The number of anilines is 1. The fourth-order valence-electron chi connectivity index (χ4n) is 4.06. The number of fused-ring (bicyclic) bond motifs is 1. The zero-order valence-corrected chi connectivity index (χ0v) is 18.0. The van der Waals surface area contributed by atoms with Gasteiger partial charge in [0.2, 0.25) is 5.95 Å². The largest absolute Gasteiger partial charge is 0.464 e. The van der Waals surface area contributed by atoms with E-state index in [0.717, 1.165) is 22.2 Å². The number of aliphatic hydroxyl groups excluding tert-OH is 1. The van der Waals surface area contributed by atoms with Gasteiger partial charge in [-0.15, -0.1) is 0 Å². The molecule has 1 saturated heterocycles. The lowest BCUT2D eigenvalue weighted by molar-refractivity contribution is 0.0782. The molecule has 1 aromatic carbocycles. The van der Waals surface area contributed by atoms with Crippen molar-refractivity contribution in [3.63, 3.8) is 0 Å². The first-order chi connectivity index (χ1) is 16.2. The van der Waals surface area contributed by atoms with Crippen LogP contribution in [-0.4, -0.2) is 58.3 Å². The molecular weight excluding hydrogens is 422 g/mol. The molecule has 0 saturated carbocycles. The van der Waals surface area contributed by atoms with E-state index in [0.29, 0.717) is 30.2 Å². The molecule has 168 valence electrons. The molecule has 0 spiro atoms. The highest BCUT2D eigenvalue weighted by Crippen LogP contribution is 2.27. The lowest BCUT2D eigenvalue weighted by Gasteiger charge is -2.18. The Balaban J connectivity index is 1.29. The van der Waals surface area contributed by atoms with E-state index in [1.54, 1.807) is 44.1 Å². The first-order valence-corrected chi connectivity index (χ1v) is 10.6. The third-order valence-electron chi connectivity index (χ3n) is 5.84. The predicted octanol–water partition coefficient (Wildman–Crippen LogP) is 2.41. The van der Waals surface area contributed by atoms with Crippen molar-refractivity contribution in [1.82, 2.24) is 20.3 Å². The summed E-state index contributed by atoms with van der Waals surface area (Å²) in [6, 6.07) is 10.8. The average molecular weight is 445 g/mol. The second-order valence-electron chi connectivity index (χ2n) is 7.88. The zero-order valence-electron chi connectivity index (χ0n) is 18.0. The number of pyridine rings is 1. The second kappa shape index (κ2) is 8.97. The van der Waals surface area contributed by atoms with Gasteiger partial charge in [0.25, 0.3) is 5.91 Å². The van der Waals surface area contributed by atoms with Crippen molar-refractivity contribution in [2.75, 3.05) is 25.1 Å². The van der Waals surface area contributed by atoms with Gasteiger partial charge in [-0.2, -0.15) is 0 Å². The normalized spacial score (nSPS) is 18.1. The number of benzene rings is 1. The summed E-state index contributed by atoms with van der Waals surface area (Å²) in [6.45, 7) is 0.970. The Bertz CT molecular complexity index is 1260. The van der Waals surface area contributed by atoms with Gasteiger partial charge in [0, 0.05) is 60.9 Å². The Morgan fingerprint density at radius 3 is 2.67 bits per heavy atom. The molecule has 5 rings (SSSR count). The number of aromatic nitrogens is 3. The quantitative estimate of drug-likeness (QED) is 0.465. The maximum atomic E-state index is 12.9. The number of hydrogen-bond acceptors (Lipinski definition) is 8. The highest BCUT2D eigenvalue weighted by atomic mass is 16.5. The van der Waals surface area contributed by atoms with E-state index in [-0.39, 0.29) is 24.7 Å². The van der Waals surface area contributed by atoms with Gasteiger partial charge in [-0.25, -0.2) is 9.97 Å². The Morgan fingerprint density at radius 2 is 1.94 bits per heavy atom. The van der Waals surface area contributed by atoms with Crippen LogP contribution >= 0.6 is 0 Å². The van der Waals surface area contributed by atoms with Crippen molar-refractivity contribution in [1.29, 1.82) is 0 Å². The number of amides is 1. The third-order valence-corrected chi connectivity index (χ3v) is 5.84. The lowest BCUT2D eigenvalue weighted by atomic mass is 10.1. The van der Waals surface area contributed by atoms with Crippen LogP contribution in [0.5, 0.6) is 0 Å². The highest BCUT2D eigenvalue weighted by Gasteiger charge is 2.35. The lowest BCUT2D eigenvalue weighted by Crippen LogP contribution is -2.43. The topological polar surface area (TPSA) is 114 Å². The molecule has 4 aromatic rings. The number of carbonyl (C=O) groups is 1. The van der Waals surface area contributed by atoms with Crippen LogP contribution < -0.4 is 10.2 Å². The summed E-state index contributed by atoms with van der Waals surface area (Å²) in [5.74, 6) is 0.359. The molecule has 2 N–H and O–H groups in total. The molecule has 0 unspecified atom stereocenters. The molecule has 3 aromatic heterocycles. The smallest absolute Gasteiger partial charge is 0.251 e. The van der Waals surface area contributed by atoms with Gasteiger partial charge >= 0.3 is 0 Å². The molecule has 9 heteroatoms. The summed E-state index contributed by atoms with van der Waals surface area (Å²) in [7, 11) is 1.63. The SMILES string of the molecule is CO[C@H]1CN(c2ncc(CO)cn2)C[C@H]1NC(=O)c1ccc(-c2nccc3occc23)cc1. The van der Waals surface area contributed by atoms with E-state index in [1.807, 2.05) is 29.2 Å². The number of carbonyl (C=O) groups excluding carboxylic acids is 1. The van der Waals surface area contributed by atoms with Crippen LogP contribution in [0.15, 0.2) is 65.7 Å². The summed E-state index contributed by atoms with van der Waals surface area (Å²) >= 11 is 0. The van der Waals surface area contributed by atoms with Crippen LogP contribution in [0, 0.1) is 0 Å². The molecule has 2 atom stereocenters. The van der Waals surface area contributed by atoms with E-state index in [9.17, 15) is 9.90 Å². The minimum atomic E-state index is -0.218. The van der Waals surface area contributed by atoms with Crippen LogP contribution in [0.4, 0.5) is 5.95 Å². The van der Waals surface area contributed by atoms with Crippen molar-refractivity contribution in [3.05, 3.63) is 72.4 Å². The van der Waals surface area contributed by atoms with Crippen molar-refractivity contribution in [2.24, 2.45) is 0 Å². The van der Waals surface area contributed by atoms with Gasteiger partial charge in [-0.05, 0) is 24.3 Å². The van der Waals surface area contributed by atoms with E-state index >= 15 is 0 Å². The molecule has 1 aliphatic heterocycles. The van der Waals surface area contributed by atoms with Crippen LogP contribution in [0.2, 0.25) is 0 Å². The molecule has 0 aliphatic carbocycles. The van der Waals surface area contributed by atoms with E-state index in [2.05, 4.69) is 20.3 Å². The molecule has 9 nitrogen and oxygen atoms in total. The Hall–Kier alpha value is -3.82. The minimum absolute atomic E-state index is 0.105. The van der Waals surface area contributed by atoms with Crippen molar-refractivity contribution in [3.8, 4) is 11.3 Å². The number of rotatable bonds is 6. The fraction of sp³-hybridized carbons (Fsp3) is 0.250. The number of ether oxygens (including phenoxy) is 1. The molecule has 4 heterocycles. The standard InChI is InChI=1S/C24H23N5O4/c1-32-21-13-29(24-26-10-15(14-30)11-27-24)12-19(21)28-23(31)17-4-2-16(3-5-17)22-18-7-9-33-20(18)6-8-25-22/h2-11,19,21,30H,12-14H2,1H3,(H,28,31)/t19-,21+/m1/s1. The summed E-state index contributed by atoms with van der Waals surface area (Å²) in [5.41, 5.74) is 3.69. The number of nitrogens with zero attached hydrogens (tertiary/aromatic N) is 4. The number of nitrogens with one attached hydrogen (secondary N) is 1.